The van der Waals surface area contributed by atoms with Crippen molar-refractivity contribution >= 4 is 23.7 Å². The lowest BCUT2D eigenvalue weighted by molar-refractivity contribution is 0.0527. The Bertz CT molecular complexity index is 780. The number of ketones is 1. The number of nitrogens with one attached hydrogen (secondary N) is 1. The van der Waals surface area contributed by atoms with Gasteiger partial charge in [0.05, 0.1) is 6.61 Å². The average Bonchev–Trinajstić information content (AvgIpc) is 2.68. The minimum absolute atomic E-state index is 0.115. The monoisotopic (exact) mass is 464 g/mol. The number of ether oxygens (including phenoxy) is 3. The predicted octanol–water partition coefficient (Wildman–Crippen LogP) is 5.34. The molecule has 0 radical (unpaired) electrons. The highest BCUT2D eigenvalue weighted by Crippen LogP contribution is 2.26. The quantitative estimate of drug-likeness (QED) is 0.351. The molecule has 0 aliphatic carbocycles. The van der Waals surface area contributed by atoms with Crippen LogP contribution in [0.15, 0.2) is 24.3 Å². The summed E-state index contributed by atoms with van der Waals surface area (Å²) >= 11 is 0. The summed E-state index contributed by atoms with van der Waals surface area (Å²) in [5, 5.41) is 2.59. The smallest absolute Gasteiger partial charge is 0.414 e. The van der Waals surface area contributed by atoms with Crippen molar-refractivity contribution in [2.45, 2.75) is 78.4 Å². The first-order valence-electron chi connectivity index (χ1n) is 11.4. The third kappa shape index (κ3) is 11.2. The van der Waals surface area contributed by atoms with Crippen LogP contribution in [0.5, 0.6) is 0 Å². The highest BCUT2D eigenvalue weighted by Gasteiger charge is 2.30. The molecule has 33 heavy (non-hydrogen) atoms. The van der Waals surface area contributed by atoms with E-state index >= 15 is 0 Å². The summed E-state index contributed by atoms with van der Waals surface area (Å²) in [5.74, 6) is -0.145. The van der Waals surface area contributed by atoms with Crippen LogP contribution in [0.4, 0.5) is 15.3 Å². The number of methoxy groups -OCH3 is 1. The molecule has 1 rings (SSSR count). The lowest BCUT2D eigenvalue weighted by Crippen LogP contribution is -2.46. The van der Waals surface area contributed by atoms with Gasteiger partial charge in [0, 0.05) is 43.5 Å². The fraction of sp³-hybridized carbons (Fsp3) is 0.640. The Morgan fingerprint density at radius 3 is 2.24 bits per heavy atom. The number of benzene rings is 1. The first kappa shape index (κ1) is 28.4. The van der Waals surface area contributed by atoms with Gasteiger partial charge in [-0.2, -0.15) is 0 Å². The number of hydrogen-bond donors (Lipinski definition) is 1. The van der Waals surface area contributed by atoms with Crippen molar-refractivity contribution < 1.29 is 28.6 Å². The van der Waals surface area contributed by atoms with Gasteiger partial charge >= 0.3 is 12.2 Å². The van der Waals surface area contributed by atoms with E-state index in [-0.39, 0.29) is 18.7 Å². The molecule has 0 bridgehead atoms. The predicted molar refractivity (Wildman–Crippen MR) is 129 cm³/mol. The molecule has 0 aliphatic heterocycles. The second kappa shape index (κ2) is 13.2. The van der Waals surface area contributed by atoms with Crippen LogP contribution in [0.2, 0.25) is 0 Å². The van der Waals surface area contributed by atoms with E-state index in [1.165, 1.54) is 0 Å². The van der Waals surface area contributed by atoms with Crippen LogP contribution in [0.3, 0.4) is 0 Å². The van der Waals surface area contributed by atoms with E-state index < -0.39 is 23.3 Å². The molecule has 8 heteroatoms. The number of rotatable bonds is 11. The molecule has 8 nitrogen and oxygen atoms in total. The van der Waals surface area contributed by atoms with Gasteiger partial charge < -0.3 is 19.5 Å². The molecule has 0 saturated carbocycles. The molecular weight excluding hydrogens is 424 g/mol. The van der Waals surface area contributed by atoms with E-state index in [2.05, 4.69) is 5.32 Å². The standard InChI is InChI=1S/C25H40N2O6/c1-24(2,3)27(23(30)32-17-10-8-9-16-31-7)20-13-11-12-19(18-20)21(28)14-15-26-22(29)33-25(4,5)6/h11-13,18H,8-10,14-17H2,1-7H3,(H,26,29). The Kier molecular flexibility index (Phi) is 11.4. The summed E-state index contributed by atoms with van der Waals surface area (Å²) in [6, 6.07) is 6.89. The van der Waals surface area contributed by atoms with E-state index in [0.717, 1.165) is 19.3 Å². The van der Waals surface area contributed by atoms with Gasteiger partial charge in [0.2, 0.25) is 0 Å². The van der Waals surface area contributed by atoms with Crippen LogP contribution in [-0.2, 0) is 14.2 Å². The Balaban J connectivity index is 2.76. The fourth-order valence-corrected chi connectivity index (χ4v) is 3.07. The maximum atomic E-state index is 12.9. The molecule has 1 aromatic rings. The SMILES string of the molecule is COCCCCCOC(=O)N(c1cccc(C(=O)CCNC(=O)OC(C)(C)C)c1)C(C)(C)C. The van der Waals surface area contributed by atoms with E-state index in [1.807, 2.05) is 20.8 Å². The number of Topliss-reactive ketones (excluding diaryl/α,β-unsaturated/α-hetero) is 1. The molecule has 0 fully saturated rings. The molecule has 0 aromatic heterocycles. The second-order valence-corrected chi connectivity index (χ2v) is 9.83. The van der Waals surface area contributed by atoms with E-state index in [1.54, 1.807) is 57.0 Å². The van der Waals surface area contributed by atoms with Gasteiger partial charge in [-0.3, -0.25) is 9.69 Å². The lowest BCUT2D eigenvalue weighted by atomic mass is 10.0. The second-order valence-electron chi connectivity index (χ2n) is 9.83. The van der Waals surface area contributed by atoms with Gasteiger partial charge in [-0.1, -0.05) is 12.1 Å². The molecule has 1 N–H and O–H groups in total. The van der Waals surface area contributed by atoms with Gasteiger partial charge in [0.15, 0.2) is 5.78 Å². The molecule has 0 aliphatic rings. The van der Waals surface area contributed by atoms with Gasteiger partial charge in [-0.05, 0) is 72.9 Å². The van der Waals surface area contributed by atoms with E-state index in [4.69, 9.17) is 14.2 Å². The maximum Gasteiger partial charge on any atom is 0.414 e. The summed E-state index contributed by atoms with van der Waals surface area (Å²) in [4.78, 5) is 38.8. The first-order chi connectivity index (χ1) is 15.3. The molecule has 0 heterocycles. The zero-order chi connectivity index (χ0) is 25.1. The Morgan fingerprint density at radius 1 is 0.970 bits per heavy atom. The zero-order valence-corrected chi connectivity index (χ0v) is 21.2. The molecule has 0 unspecified atom stereocenters. The molecular formula is C25H40N2O6. The topological polar surface area (TPSA) is 94.2 Å². The summed E-state index contributed by atoms with van der Waals surface area (Å²) < 4.78 is 15.7. The third-order valence-electron chi connectivity index (χ3n) is 4.52. The molecule has 1 aromatic carbocycles. The van der Waals surface area contributed by atoms with E-state index in [9.17, 15) is 14.4 Å². The Morgan fingerprint density at radius 2 is 1.64 bits per heavy atom. The average molecular weight is 465 g/mol. The van der Waals surface area contributed by atoms with Crippen LogP contribution < -0.4 is 10.2 Å². The molecule has 2 amide bonds. The normalized spacial score (nSPS) is 11.6. The third-order valence-corrected chi connectivity index (χ3v) is 4.52. The van der Waals surface area contributed by atoms with Crippen LogP contribution in [-0.4, -0.2) is 56.0 Å². The van der Waals surface area contributed by atoms with Crippen molar-refractivity contribution in [2.24, 2.45) is 0 Å². The van der Waals surface area contributed by atoms with Crippen LogP contribution >= 0.6 is 0 Å². The number of anilines is 1. The summed E-state index contributed by atoms with van der Waals surface area (Å²) in [5.41, 5.74) is -0.109. The molecule has 0 saturated heterocycles. The van der Waals surface area contributed by atoms with Gasteiger partial charge in [0.1, 0.15) is 5.60 Å². The van der Waals surface area contributed by atoms with Crippen LogP contribution in [0, 0.1) is 0 Å². The van der Waals surface area contributed by atoms with Crippen molar-refractivity contribution in [1.29, 1.82) is 0 Å². The number of nitrogens with zero attached hydrogens (tertiary/aromatic N) is 1. The van der Waals surface area contributed by atoms with Gasteiger partial charge in [-0.25, -0.2) is 9.59 Å². The number of unbranched alkanes of at least 4 members (excludes halogenated alkanes) is 2. The number of carbonyl (C=O) groups is 3. The number of amides is 2. The van der Waals surface area contributed by atoms with E-state index in [0.29, 0.717) is 24.5 Å². The lowest BCUT2D eigenvalue weighted by Gasteiger charge is -2.35. The van der Waals surface area contributed by atoms with Gasteiger partial charge in [-0.15, -0.1) is 0 Å². The molecule has 186 valence electrons. The van der Waals surface area contributed by atoms with Crippen molar-refractivity contribution in [2.75, 3.05) is 31.8 Å². The molecule has 0 atom stereocenters. The highest BCUT2D eigenvalue weighted by molar-refractivity contribution is 5.98. The van der Waals surface area contributed by atoms with Crippen molar-refractivity contribution in [3.8, 4) is 0 Å². The van der Waals surface area contributed by atoms with Crippen molar-refractivity contribution in [3.63, 3.8) is 0 Å². The summed E-state index contributed by atoms with van der Waals surface area (Å²) in [6.45, 7) is 12.2. The summed E-state index contributed by atoms with van der Waals surface area (Å²) in [6.07, 6.45) is 1.70. The first-order valence-corrected chi connectivity index (χ1v) is 11.4. The van der Waals surface area contributed by atoms with Gasteiger partial charge in [0.25, 0.3) is 0 Å². The fourth-order valence-electron chi connectivity index (χ4n) is 3.07. The number of alkyl carbamates (subject to hydrolysis) is 1. The minimum atomic E-state index is -0.600. The number of hydrogen-bond acceptors (Lipinski definition) is 6. The minimum Gasteiger partial charge on any atom is -0.449 e. The van der Waals surface area contributed by atoms with Crippen molar-refractivity contribution in [3.05, 3.63) is 29.8 Å². The maximum absolute atomic E-state index is 12.9. The van der Waals surface area contributed by atoms with Crippen LogP contribution in [0.25, 0.3) is 0 Å². The Hall–Kier alpha value is -2.61. The zero-order valence-electron chi connectivity index (χ0n) is 21.2. The Labute approximate surface area is 198 Å². The van der Waals surface area contributed by atoms with Crippen LogP contribution in [0.1, 0.15) is 77.6 Å². The van der Waals surface area contributed by atoms with Crippen molar-refractivity contribution in [1.82, 2.24) is 5.32 Å². The highest BCUT2D eigenvalue weighted by atomic mass is 16.6. The number of carbonyl (C=O) groups excluding carboxylic acids is 3. The molecule has 0 spiro atoms. The summed E-state index contributed by atoms with van der Waals surface area (Å²) in [7, 11) is 1.66. The largest absolute Gasteiger partial charge is 0.449 e.